The Labute approximate surface area is 83.0 Å². The average molecular weight is 191 g/mol. The Hall–Kier alpha value is -1.35. The van der Waals surface area contributed by atoms with E-state index in [2.05, 4.69) is 10.3 Å². The molecule has 0 saturated heterocycles. The molecule has 1 amide bonds. The molecule has 0 bridgehead atoms. The van der Waals surface area contributed by atoms with Crippen molar-refractivity contribution >= 4 is 5.91 Å². The summed E-state index contributed by atoms with van der Waals surface area (Å²) >= 11 is 0. The first kappa shape index (κ1) is 9.21. The second kappa shape index (κ2) is 3.80. The summed E-state index contributed by atoms with van der Waals surface area (Å²) in [5.41, 5.74) is 5.66. The van der Waals surface area contributed by atoms with E-state index in [1.165, 1.54) is 24.7 Å². The molecule has 0 saturated carbocycles. The lowest BCUT2D eigenvalue weighted by Crippen LogP contribution is -2.21. The second-order valence-corrected chi connectivity index (χ2v) is 3.47. The van der Waals surface area contributed by atoms with Crippen LogP contribution in [0.1, 0.15) is 27.9 Å². The molecule has 0 unspecified atom stereocenters. The van der Waals surface area contributed by atoms with Crippen molar-refractivity contribution in [3.05, 3.63) is 34.9 Å². The van der Waals surface area contributed by atoms with Gasteiger partial charge in [-0.05, 0) is 42.5 Å². The zero-order valence-corrected chi connectivity index (χ0v) is 8.17. The van der Waals surface area contributed by atoms with Crippen LogP contribution in [-0.4, -0.2) is 13.0 Å². The first-order chi connectivity index (χ1) is 6.81. The number of hydroxylamine groups is 1. The van der Waals surface area contributed by atoms with Gasteiger partial charge in [0.25, 0.3) is 5.91 Å². The van der Waals surface area contributed by atoms with E-state index >= 15 is 0 Å². The van der Waals surface area contributed by atoms with Gasteiger partial charge in [0.05, 0.1) is 7.11 Å². The highest BCUT2D eigenvalue weighted by Crippen LogP contribution is 2.22. The molecule has 1 aromatic carbocycles. The van der Waals surface area contributed by atoms with Crippen LogP contribution in [0, 0.1) is 0 Å². The van der Waals surface area contributed by atoms with Crippen molar-refractivity contribution in [2.24, 2.45) is 0 Å². The highest BCUT2D eigenvalue weighted by molar-refractivity contribution is 5.93. The lowest BCUT2D eigenvalue weighted by Gasteiger charge is -2.04. The van der Waals surface area contributed by atoms with Crippen LogP contribution in [0.2, 0.25) is 0 Å². The Balaban J connectivity index is 2.24. The van der Waals surface area contributed by atoms with Gasteiger partial charge in [0, 0.05) is 5.56 Å². The number of carbonyl (C=O) groups excluding carboxylic acids is 1. The average Bonchev–Trinajstić information content (AvgIpc) is 2.64. The fraction of sp³-hybridized carbons (Fsp3) is 0.364. The largest absolute Gasteiger partial charge is 0.277 e. The van der Waals surface area contributed by atoms with Crippen molar-refractivity contribution in [3.63, 3.8) is 0 Å². The minimum atomic E-state index is -0.179. The molecule has 0 heterocycles. The summed E-state index contributed by atoms with van der Waals surface area (Å²) in [6.45, 7) is 0. The Bertz CT molecular complexity index is 360. The number of benzene rings is 1. The highest BCUT2D eigenvalue weighted by atomic mass is 16.6. The predicted octanol–water partition coefficient (Wildman–Crippen LogP) is 1.47. The molecule has 0 aliphatic heterocycles. The fourth-order valence-electron chi connectivity index (χ4n) is 1.86. The Morgan fingerprint density at radius 2 is 2.14 bits per heavy atom. The predicted molar refractivity (Wildman–Crippen MR) is 52.9 cm³/mol. The third-order valence-corrected chi connectivity index (χ3v) is 2.56. The number of amides is 1. The van der Waals surface area contributed by atoms with E-state index in [0.29, 0.717) is 5.56 Å². The zero-order valence-electron chi connectivity index (χ0n) is 8.17. The normalized spacial score (nSPS) is 13.8. The Kier molecular flexibility index (Phi) is 2.50. The topological polar surface area (TPSA) is 38.3 Å². The summed E-state index contributed by atoms with van der Waals surface area (Å²) in [5, 5.41) is 0. The van der Waals surface area contributed by atoms with E-state index < -0.39 is 0 Å². The minimum absolute atomic E-state index is 0.179. The van der Waals surface area contributed by atoms with Crippen LogP contribution in [0.5, 0.6) is 0 Å². The van der Waals surface area contributed by atoms with Crippen LogP contribution in [-0.2, 0) is 17.7 Å². The summed E-state index contributed by atoms with van der Waals surface area (Å²) in [6.07, 6.45) is 3.43. The van der Waals surface area contributed by atoms with Crippen molar-refractivity contribution in [2.75, 3.05) is 7.11 Å². The van der Waals surface area contributed by atoms with Crippen molar-refractivity contribution in [3.8, 4) is 0 Å². The van der Waals surface area contributed by atoms with Crippen LogP contribution in [0.3, 0.4) is 0 Å². The van der Waals surface area contributed by atoms with E-state index in [1.54, 1.807) is 0 Å². The first-order valence-electron chi connectivity index (χ1n) is 4.76. The maximum Gasteiger partial charge on any atom is 0.274 e. The summed E-state index contributed by atoms with van der Waals surface area (Å²) in [6, 6.07) is 5.84. The SMILES string of the molecule is CONC(=O)c1ccc2c(c1)CCC2. The maximum absolute atomic E-state index is 11.4. The van der Waals surface area contributed by atoms with Gasteiger partial charge in [-0.25, -0.2) is 5.48 Å². The quantitative estimate of drug-likeness (QED) is 0.719. The van der Waals surface area contributed by atoms with E-state index in [-0.39, 0.29) is 5.91 Å². The Morgan fingerprint density at radius 1 is 1.36 bits per heavy atom. The van der Waals surface area contributed by atoms with Crippen LogP contribution in [0.25, 0.3) is 0 Å². The number of nitrogens with one attached hydrogen (secondary N) is 1. The molecule has 0 radical (unpaired) electrons. The van der Waals surface area contributed by atoms with Crippen molar-refractivity contribution < 1.29 is 9.63 Å². The van der Waals surface area contributed by atoms with Crippen LogP contribution in [0.4, 0.5) is 0 Å². The number of fused-ring (bicyclic) bond motifs is 1. The van der Waals surface area contributed by atoms with Gasteiger partial charge < -0.3 is 0 Å². The molecule has 0 aromatic heterocycles. The summed E-state index contributed by atoms with van der Waals surface area (Å²) in [4.78, 5) is 16.0. The molecule has 0 fully saturated rings. The van der Waals surface area contributed by atoms with Crippen LogP contribution >= 0.6 is 0 Å². The highest BCUT2D eigenvalue weighted by Gasteiger charge is 2.13. The number of carbonyl (C=O) groups is 1. The van der Waals surface area contributed by atoms with Crippen LogP contribution < -0.4 is 5.48 Å². The molecule has 1 aliphatic rings. The van der Waals surface area contributed by atoms with Crippen molar-refractivity contribution in [1.29, 1.82) is 0 Å². The number of rotatable bonds is 2. The van der Waals surface area contributed by atoms with Gasteiger partial charge in [-0.15, -0.1) is 0 Å². The molecule has 0 spiro atoms. The molecule has 0 atom stereocenters. The first-order valence-corrected chi connectivity index (χ1v) is 4.76. The van der Waals surface area contributed by atoms with Crippen LogP contribution in [0.15, 0.2) is 18.2 Å². The van der Waals surface area contributed by atoms with Gasteiger partial charge in [-0.1, -0.05) is 6.07 Å². The zero-order chi connectivity index (χ0) is 9.97. The lowest BCUT2D eigenvalue weighted by atomic mass is 10.1. The number of hydrogen-bond acceptors (Lipinski definition) is 2. The van der Waals surface area contributed by atoms with Gasteiger partial charge in [0.1, 0.15) is 0 Å². The van der Waals surface area contributed by atoms with E-state index in [4.69, 9.17) is 0 Å². The minimum Gasteiger partial charge on any atom is -0.277 e. The molecular formula is C11H13NO2. The van der Waals surface area contributed by atoms with Gasteiger partial charge in [-0.2, -0.15) is 0 Å². The maximum atomic E-state index is 11.4. The molecule has 1 aromatic rings. The molecule has 14 heavy (non-hydrogen) atoms. The van der Waals surface area contributed by atoms with Gasteiger partial charge in [-0.3, -0.25) is 9.63 Å². The fourth-order valence-corrected chi connectivity index (χ4v) is 1.86. The third kappa shape index (κ3) is 1.63. The molecule has 1 N–H and O–H groups in total. The standard InChI is InChI=1S/C11H13NO2/c1-14-12-11(13)10-6-5-8-3-2-4-9(8)7-10/h5-7H,2-4H2,1H3,(H,12,13). The lowest BCUT2D eigenvalue weighted by molar-refractivity contribution is 0.0537. The molecule has 74 valence electrons. The number of hydrogen-bond donors (Lipinski definition) is 1. The van der Waals surface area contributed by atoms with E-state index in [1.807, 2.05) is 18.2 Å². The molecule has 3 nitrogen and oxygen atoms in total. The molecule has 2 rings (SSSR count). The Morgan fingerprint density at radius 3 is 2.93 bits per heavy atom. The third-order valence-electron chi connectivity index (χ3n) is 2.56. The second-order valence-electron chi connectivity index (χ2n) is 3.47. The smallest absolute Gasteiger partial charge is 0.274 e. The summed E-state index contributed by atoms with van der Waals surface area (Å²) in [5.74, 6) is -0.179. The monoisotopic (exact) mass is 191 g/mol. The van der Waals surface area contributed by atoms with E-state index in [0.717, 1.165) is 12.8 Å². The van der Waals surface area contributed by atoms with Gasteiger partial charge >= 0.3 is 0 Å². The van der Waals surface area contributed by atoms with E-state index in [9.17, 15) is 4.79 Å². The van der Waals surface area contributed by atoms with Crippen molar-refractivity contribution in [2.45, 2.75) is 19.3 Å². The molecular weight excluding hydrogens is 178 g/mol. The molecule has 1 aliphatic carbocycles. The molecule has 3 heteroatoms. The van der Waals surface area contributed by atoms with Gasteiger partial charge in [0.15, 0.2) is 0 Å². The number of aryl methyl sites for hydroxylation is 2. The summed E-state index contributed by atoms with van der Waals surface area (Å²) < 4.78 is 0. The van der Waals surface area contributed by atoms with Crippen molar-refractivity contribution in [1.82, 2.24) is 5.48 Å². The van der Waals surface area contributed by atoms with Gasteiger partial charge in [0.2, 0.25) is 0 Å². The summed E-state index contributed by atoms with van der Waals surface area (Å²) in [7, 11) is 1.44.